The summed E-state index contributed by atoms with van der Waals surface area (Å²) < 4.78 is 0. The highest BCUT2D eigenvalue weighted by atomic mass is 16.3. The van der Waals surface area contributed by atoms with Crippen LogP contribution in [0.4, 0.5) is 0 Å². The minimum atomic E-state index is 0.235. The molecule has 0 spiro atoms. The molecule has 0 radical (unpaired) electrons. The fourth-order valence-corrected chi connectivity index (χ4v) is 1.78. The maximum Gasteiger partial charge on any atom is 0.120 e. The van der Waals surface area contributed by atoms with Crippen LogP contribution in [0, 0.1) is 5.41 Å². The molecule has 16 heavy (non-hydrogen) atoms. The zero-order chi connectivity index (χ0) is 12.2. The molecule has 1 rings (SSSR count). The van der Waals surface area contributed by atoms with Gasteiger partial charge in [0.15, 0.2) is 0 Å². The van der Waals surface area contributed by atoms with Crippen LogP contribution < -0.4 is 0 Å². The predicted octanol–water partition coefficient (Wildman–Crippen LogP) is 3.11. The second-order valence-corrected chi connectivity index (χ2v) is 5.41. The van der Waals surface area contributed by atoms with E-state index in [0.29, 0.717) is 18.6 Å². The average Bonchev–Trinajstić information content (AvgIpc) is 2.17. The van der Waals surface area contributed by atoms with Gasteiger partial charge in [0.25, 0.3) is 0 Å². The third kappa shape index (κ3) is 4.05. The van der Waals surface area contributed by atoms with Gasteiger partial charge >= 0.3 is 0 Å². The molecule has 0 aliphatic rings. The Labute approximate surface area is 97.3 Å². The molecule has 0 heterocycles. The van der Waals surface area contributed by atoms with Gasteiger partial charge in [-0.25, -0.2) is 0 Å². The first-order chi connectivity index (χ1) is 7.42. The highest BCUT2D eigenvalue weighted by molar-refractivity contribution is 5.51. The first-order valence-corrected chi connectivity index (χ1v) is 5.67. The van der Waals surface area contributed by atoms with Crippen LogP contribution in [0.25, 0.3) is 0 Å². The minimum absolute atomic E-state index is 0.235. The summed E-state index contributed by atoms with van der Waals surface area (Å²) in [4.78, 5) is 10.3. The molecule has 0 unspecified atom stereocenters. The van der Waals surface area contributed by atoms with Gasteiger partial charge in [0, 0.05) is 6.42 Å². The molecular formula is C14H20O2. The lowest BCUT2D eigenvalue weighted by Crippen LogP contribution is -2.09. The van der Waals surface area contributed by atoms with Gasteiger partial charge in [-0.05, 0) is 35.4 Å². The van der Waals surface area contributed by atoms with Crippen LogP contribution >= 0.6 is 0 Å². The van der Waals surface area contributed by atoms with E-state index in [1.807, 2.05) is 12.1 Å². The van der Waals surface area contributed by atoms with Crippen LogP contribution in [0.1, 0.15) is 38.3 Å². The molecule has 0 saturated carbocycles. The Balaban J connectivity index is 2.84. The molecule has 0 aliphatic heterocycles. The van der Waals surface area contributed by atoms with Crippen molar-refractivity contribution in [1.82, 2.24) is 0 Å². The molecule has 1 N–H and O–H groups in total. The van der Waals surface area contributed by atoms with Crippen molar-refractivity contribution in [3.63, 3.8) is 0 Å². The van der Waals surface area contributed by atoms with E-state index in [1.165, 1.54) is 5.56 Å². The van der Waals surface area contributed by atoms with Crippen molar-refractivity contribution in [1.29, 1.82) is 0 Å². The first-order valence-electron chi connectivity index (χ1n) is 5.67. The number of rotatable bonds is 4. The SMILES string of the molecule is CC(C)(C)Cc1ccc(O)c(CCC=O)c1. The monoisotopic (exact) mass is 220 g/mol. The Bertz CT molecular complexity index is 361. The van der Waals surface area contributed by atoms with Gasteiger partial charge in [-0.3, -0.25) is 0 Å². The normalized spacial score (nSPS) is 11.4. The van der Waals surface area contributed by atoms with Crippen molar-refractivity contribution in [2.45, 2.75) is 40.0 Å². The summed E-state index contributed by atoms with van der Waals surface area (Å²) in [5.41, 5.74) is 2.32. The second kappa shape index (κ2) is 5.15. The number of aryl methyl sites for hydroxylation is 1. The van der Waals surface area contributed by atoms with E-state index in [4.69, 9.17) is 0 Å². The third-order valence-corrected chi connectivity index (χ3v) is 2.41. The van der Waals surface area contributed by atoms with Gasteiger partial charge in [0.1, 0.15) is 12.0 Å². The lowest BCUT2D eigenvalue weighted by atomic mass is 9.87. The Morgan fingerprint density at radius 3 is 2.56 bits per heavy atom. The van der Waals surface area contributed by atoms with Crippen LogP contribution in [-0.4, -0.2) is 11.4 Å². The van der Waals surface area contributed by atoms with E-state index in [-0.39, 0.29) is 5.41 Å². The zero-order valence-corrected chi connectivity index (χ0v) is 10.3. The fourth-order valence-electron chi connectivity index (χ4n) is 1.78. The van der Waals surface area contributed by atoms with E-state index in [2.05, 4.69) is 20.8 Å². The lowest BCUT2D eigenvalue weighted by molar-refractivity contribution is -0.107. The molecule has 0 fully saturated rings. The molecule has 0 saturated heterocycles. The Hall–Kier alpha value is -1.31. The molecule has 88 valence electrons. The molecule has 2 nitrogen and oxygen atoms in total. The van der Waals surface area contributed by atoms with Crippen molar-refractivity contribution in [2.24, 2.45) is 5.41 Å². The maximum absolute atomic E-state index is 10.3. The van der Waals surface area contributed by atoms with Crippen molar-refractivity contribution in [3.05, 3.63) is 29.3 Å². The van der Waals surface area contributed by atoms with Crippen LogP contribution in [0.3, 0.4) is 0 Å². The van der Waals surface area contributed by atoms with Gasteiger partial charge in [0.2, 0.25) is 0 Å². The third-order valence-electron chi connectivity index (χ3n) is 2.41. The molecule has 0 bridgehead atoms. The Morgan fingerprint density at radius 1 is 1.31 bits per heavy atom. The van der Waals surface area contributed by atoms with Crippen LogP contribution in [0.5, 0.6) is 5.75 Å². The molecular weight excluding hydrogens is 200 g/mol. The first kappa shape index (κ1) is 12.8. The maximum atomic E-state index is 10.3. The number of phenolic OH excluding ortho intramolecular Hbond substituents is 1. The second-order valence-electron chi connectivity index (χ2n) is 5.41. The van der Waals surface area contributed by atoms with Gasteiger partial charge < -0.3 is 9.90 Å². The van der Waals surface area contributed by atoms with E-state index < -0.39 is 0 Å². The highest BCUT2D eigenvalue weighted by Crippen LogP contribution is 2.25. The van der Waals surface area contributed by atoms with Crippen molar-refractivity contribution < 1.29 is 9.90 Å². The molecule has 1 aromatic rings. The summed E-state index contributed by atoms with van der Waals surface area (Å²) >= 11 is 0. The summed E-state index contributed by atoms with van der Waals surface area (Å²) in [6.45, 7) is 6.56. The standard InChI is InChI=1S/C14H20O2/c1-14(2,3)10-11-6-7-13(16)12(9-11)5-4-8-15/h6-9,16H,4-5,10H2,1-3H3. The minimum Gasteiger partial charge on any atom is -0.508 e. The smallest absolute Gasteiger partial charge is 0.120 e. The van der Waals surface area contributed by atoms with Gasteiger partial charge in [-0.15, -0.1) is 0 Å². The van der Waals surface area contributed by atoms with Crippen LogP contribution in [-0.2, 0) is 17.6 Å². The molecule has 0 aliphatic carbocycles. The largest absolute Gasteiger partial charge is 0.508 e. The van der Waals surface area contributed by atoms with E-state index in [9.17, 15) is 9.90 Å². The topological polar surface area (TPSA) is 37.3 Å². The summed E-state index contributed by atoms with van der Waals surface area (Å²) in [5.74, 6) is 0.291. The van der Waals surface area contributed by atoms with Crippen LogP contribution in [0.15, 0.2) is 18.2 Å². The highest BCUT2D eigenvalue weighted by Gasteiger charge is 2.12. The van der Waals surface area contributed by atoms with E-state index in [0.717, 1.165) is 18.3 Å². The number of carbonyl (C=O) groups is 1. The Morgan fingerprint density at radius 2 is 2.00 bits per heavy atom. The quantitative estimate of drug-likeness (QED) is 0.792. The van der Waals surface area contributed by atoms with Gasteiger partial charge in [-0.1, -0.05) is 32.9 Å². The Kier molecular flexibility index (Phi) is 4.11. The van der Waals surface area contributed by atoms with Gasteiger partial charge in [-0.2, -0.15) is 0 Å². The molecule has 0 atom stereocenters. The molecule has 0 aromatic heterocycles. The summed E-state index contributed by atoms with van der Waals surface area (Å²) in [6.07, 6.45) is 2.94. The summed E-state index contributed by atoms with van der Waals surface area (Å²) in [5, 5.41) is 9.64. The number of hydrogen-bond acceptors (Lipinski definition) is 2. The predicted molar refractivity (Wildman–Crippen MR) is 65.7 cm³/mol. The number of phenols is 1. The molecule has 0 amide bonds. The van der Waals surface area contributed by atoms with Gasteiger partial charge in [0.05, 0.1) is 0 Å². The number of carbonyl (C=O) groups excluding carboxylic acids is 1. The number of hydrogen-bond donors (Lipinski definition) is 1. The summed E-state index contributed by atoms with van der Waals surface area (Å²) in [6, 6.07) is 5.68. The van der Waals surface area contributed by atoms with Crippen molar-refractivity contribution in [3.8, 4) is 5.75 Å². The number of aldehydes is 1. The van der Waals surface area contributed by atoms with Crippen LogP contribution in [0.2, 0.25) is 0 Å². The van der Waals surface area contributed by atoms with Crippen molar-refractivity contribution in [2.75, 3.05) is 0 Å². The number of aromatic hydroxyl groups is 1. The van der Waals surface area contributed by atoms with E-state index >= 15 is 0 Å². The van der Waals surface area contributed by atoms with Crippen molar-refractivity contribution >= 4 is 6.29 Å². The fraction of sp³-hybridized carbons (Fsp3) is 0.500. The molecule has 2 heteroatoms. The van der Waals surface area contributed by atoms with E-state index in [1.54, 1.807) is 6.07 Å². The molecule has 1 aromatic carbocycles. The average molecular weight is 220 g/mol. The summed E-state index contributed by atoms with van der Waals surface area (Å²) in [7, 11) is 0. The number of benzene rings is 1. The lowest BCUT2D eigenvalue weighted by Gasteiger charge is -2.18. The zero-order valence-electron chi connectivity index (χ0n) is 10.3.